The highest BCUT2D eigenvalue weighted by Gasteiger charge is 2.13. The van der Waals surface area contributed by atoms with Crippen LogP contribution in [-0.4, -0.2) is 18.8 Å². The predicted octanol–water partition coefficient (Wildman–Crippen LogP) is 2.50. The van der Waals surface area contributed by atoms with Crippen molar-refractivity contribution in [3.05, 3.63) is 24.0 Å². The van der Waals surface area contributed by atoms with E-state index in [1.807, 2.05) is 6.07 Å². The monoisotopic (exact) mass is 240 g/mol. The second-order valence-corrected chi connectivity index (χ2v) is 5.30. The van der Waals surface area contributed by atoms with Crippen molar-refractivity contribution in [2.45, 2.75) is 17.7 Å². The highest BCUT2D eigenvalue weighted by atomic mass is 32.2. The summed E-state index contributed by atoms with van der Waals surface area (Å²) in [7, 11) is 0. The van der Waals surface area contributed by atoms with Crippen LogP contribution in [-0.2, 0) is 0 Å². The molecule has 1 aromatic carbocycles. The molecule has 1 aliphatic rings. The number of piperidine rings is 1. The number of rotatable bonds is 3. The molecular formula is C12H17FN2S. The van der Waals surface area contributed by atoms with E-state index in [-0.39, 0.29) is 11.5 Å². The quantitative estimate of drug-likeness (QED) is 0.630. The Bertz CT molecular complexity index is 351. The molecule has 1 unspecified atom stereocenters. The van der Waals surface area contributed by atoms with E-state index in [0.29, 0.717) is 5.92 Å². The van der Waals surface area contributed by atoms with Gasteiger partial charge in [0.15, 0.2) is 0 Å². The first-order valence-electron chi connectivity index (χ1n) is 5.64. The molecule has 88 valence electrons. The number of nitrogens with two attached hydrogens (primary N) is 1. The lowest BCUT2D eigenvalue weighted by molar-refractivity contribution is 0.410. The van der Waals surface area contributed by atoms with E-state index in [2.05, 4.69) is 5.32 Å². The number of nitrogen functional groups attached to an aromatic ring is 1. The molecule has 0 aliphatic carbocycles. The first-order chi connectivity index (χ1) is 7.75. The first-order valence-corrected chi connectivity index (χ1v) is 6.63. The van der Waals surface area contributed by atoms with Crippen LogP contribution in [0.5, 0.6) is 0 Å². The van der Waals surface area contributed by atoms with Crippen molar-refractivity contribution in [2.24, 2.45) is 5.92 Å². The van der Waals surface area contributed by atoms with Crippen molar-refractivity contribution < 1.29 is 4.39 Å². The SMILES string of the molecule is Nc1ccc(SCC2CCCNC2)cc1F. The summed E-state index contributed by atoms with van der Waals surface area (Å²) in [6.45, 7) is 2.22. The van der Waals surface area contributed by atoms with Gasteiger partial charge in [-0.15, -0.1) is 11.8 Å². The highest BCUT2D eigenvalue weighted by Crippen LogP contribution is 2.25. The lowest BCUT2D eigenvalue weighted by Gasteiger charge is -2.22. The van der Waals surface area contributed by atoms with E-state index in [9.17, 15) is 4.39 Å². The average Bonchev–Trinajstić information content (AvgIpc) is 2.32. The zero-order chi connectivity index (χ0) is 11.4. The Morgan fingerprint density at radius 3 is 3.06 bits per heavy atom. The van der Waals surface area contributed by atoms with Crippen LogP contribution in [0.4, 0.5) is 10.1 Å². The fourth-order valence-corrected chi connectivity index (χ4v) is 2.94. The number of halogens is 1. The van der Waals surface area contributed by atoms with Gasteiger partial charge in [0.2, 0.25) is 0 Å². The van der Waals surface area contributed by atoms with Crippen molar-refractivity contribution in [3.63, 3.8) is 0 Å². The predicted molar refractivity (Wildman–Crippen MR) is 67.1 cm³/mol. The van der Waals surface area contributed by atoms with Crippen LogP contribution >= 0.6 is 11.8 Å². The summed E-state index contributed by atoms with van der Waals surface area (Å²) in [4.78, 5) is 0.970. The second-order valence-electron chi connectivity index (χ2n) is 4.21. The maximum atomic E-state index is 13.2. The van der Waals surface area contributed by atoms with Crippen molar-refractivity contribution in [2.75, 3.05) is 24.6 Å². The molecule has 0 aromatic heterocycles. The smallest absolute Gasteiger partial charge is 0.147 e. The molecule has 0 bridgehead atoms. The molecular weight excluding hydrogens is 223 g/mol. The van der Waals surface area contributed by atoms with Gasteiger partial charge in [-0.3, -0.25) is 0 Å². The molecule has 1 saturated heterocycles. The summed E-state index contributed by atoms with van der Waals surface area (Å²) in [5.74, 6) is 1.45. The van der Waals surface area contributed by atoms with E-state index in [1.165, 1.54) is 18.9 Å². The van der Waals surface area contributed by atoms with Gasteiger partial charge in [0.05, 0.1) is 5.69 Å². The van der Waals surface area contributed by atoms with E-state index in [0.717, 1.165) is 23.7 Å². The molecule has 16 heavy (non-hydrogen) atoms. The third kappa shape index (κ3) is 3.12. The number of benzene rings is 1. The lowest BCUT2D eigenvalue weighted by Crippen LogP contribution is -2.30. The zero-order valence-electron chi connectivity index (χ0n) is 9.21. The van der Waals surface area contributed by atoms with Gasteiger partial charge in [-0.1, -0.05) is 0 Å². The zero-order valence-corrected chi connectivity index (χ0v) is 10.0. The van der Waals surface area contributed by atoms with Gasteiger partial charge >= 0.3 is 0 Å². The van der Waals surface area contributed by atoms with Crippen molar-refractivity contribution >= 4 is 17.4 Å². The van der Waals surface area contributed by atoms with Crippen LogP contribution in [0.2, 0.25) is 0 Å². The Kier molecular flexibility index (Phi) is 4.07. The van der Waals surface area contributed by atoms with Crippen molar-refractivity contribution in [3.8, 4) is 0 Å². The fourth-order valence-electron chi connectivity index (χ4n) is 1.88. The molecule has 2 rings (SSSR count). The number of hydrogen-bond acceptors (Lipinski definition) is 3. The highest BCUT2D eigenvalue weighted by molar-refractivity contribution is 7.99. The molecule has 3 N–H and O–H groups in total. The summed E-state index contributed by atoms with van der Waals surface area (Å²) in [5.41, 5.74) is 5.66. The van der Waals surface area contributed by atoms with E-state index >= 15 is 0 Å². The van der Waals surface area contributed by atoms with Crippen LogP contribution < -0.4 is 11.1 Å². The summed E-state index contributed by atoms with van der Waals surface area (Å²) in [5, 5.41) is 3.38. The number of thioether (sulfide) groups is 1. The molecule has 4 heteroatoms. The van der Waals surface area contributed by atoms with Crippen molar-refractivity contribution in [1.29, 1.82) is 0 Å². The van der Waals surface area contributed by atoms with Crippen LogP contribution in [0.15, 0.2) is 23.1 Å². The third-order valence-electron chi connectivity index (χ3n) is 2.86. The lowest BCUT2D eigenvalue weighted by atomic mass is 10.0. The van der Waals surface area contributed by atoms with Gasteiger partial charge in [-0.2, -0.15) is 0 Å². The Hall–Kier alpha value is -0.740. The molecule has 0 saturated carbocycles. The Balaban J connectivity index is 1.86. The van der Waals surface area contributed by atoms with Gasteiger partial charge in [0.25, 0.3) is 0 Å². The minimum absolute atomic E-state index is 0.226. The molecule has 1 heterocycles. The first kappa shape index (κ1) is 11.7. The molecule has 2 nitrogen and oxygen atoms in total. The molecule has 0 amide bonds. The van der Waals surface area contributed by atoms with Crippen LogP contribution in [0, 0.1) is 11.7 Å². The van der Waals surface area contributed by atoms with Crippen LogP contribution in [0.1, 0.15) is 12.8 Å². The molecule has 0 spiro atoms. The van der Waals surface area contributed by atoms with Crippen LogP contribution in [0.3, 0.4) is 0 Å². The van der Waals surface area contributed by atoms with E-state index in [1.54, 1.807) is 17.8 Å². The Morgan fingerprint density at radius 1 is 1.50 bits per heavy atom. The number of nitrogens with one attached hydrogen (secondary N) is 1. The topological polar surface area (TPSA) is 38.0 Å². The normalized spacial score (nSPS) is 20.9. The van der Waals surface area contributed by atoms with Gasteiger partial charge in [-0.05, 0) is 50.0 Å². The Labute approximate surface area is 99.8 Å². The largest absolute Gasteiger partial charge is 0.396 e. The summed E-state index contributed by atoms with van der Waals surface area (Å²) < 4.78 is 13.2. The maximum absolute atomic E-state index is 13.2. The molecule has 1 atom stereocenters. The van der Waals surface area contributed by atoms with E-state index in [4.69, 9.17) is 5.73 Å². The fraction of sp³-hybridized carbons (Fsp3) is 0.500. The van der Waals surface area contributed by atoms with Gasteiger partial charge < -0.3 is 11.1 Å². The number of anilines is 1. The van der Waals surface area contributed by atoms with Crippen molar-refractivity contribution in [1.82, 2.24) is 5.32 Å². The summed E-state index contributed by atoms with van der Waals surface area (Å²) in [6.07, 6.45) is 2.53. The number of hydrogen-bond donors (Lipinski definition) is 2. The molecule has 1 fully saturated rings. The average molecular weight is 240 g/mol. The van der Waals surface area contributed by atoms with Crippen LogP contribution in [0.25, 0.3) is 0 Å². The molecule has 1 aromatic rings. The summed E-state index contributed by atoms with van der Waals surface area (Å²) in [6, 6.07) is 5.05. The second kappa shape index (κ2) is 5.55. The third-order valence-corrected chi connectivity index (χ3v) is 4.08. The van der Waals surface area contributed by atoms with Gasteiger partial charge in [0, 0.05) is 10.6 Å². The Morgan fingerprint density at radius 2 is 2.38 bits per heavy atom. The van der Waals surface area contributed by atoms with E-state index < -0.39 is 0 Å². The minimum Gasteiger partial charge on any atom is -0.396 e. The van der Waals surface area contributed by atoms with Gasteiger partial charge in [-0.25, -0.2) is 4.39 Å². The molecule has 0 radical (unpaired) electrons. The summed E-state index contributed by atoms with van der Waals surface area (Å²) >= 11 is 1.71. The van der Waals surface area contributed by atoms with Gasteiger partial charge in [0.1, 0.15) is 5.82 Å². The maximum Gasteiger partial charge on any atom is 0.147 e. The standard InChI is InChI=1S/C12H17FN2S/c13-11-6-10(3-4-12(11)14)16-8-9-2-1-5-15-7-9/h3-4,6,9,15H,1-2,5,7-8,14H2. The molecule has 1 aliphatic heterocycles. The minimum atomic E-state index is -0.313.